The average molecular weight is 411 g/mol. The van der Waals surface area contributed by atoms with Gasteiger partial charge in [0.25, 0.3) is 5.91 Å². The Morgan fingerprint density at radius 3 is 2.47 bits per heavy atom. The number of rotatable bonds is 9. The number of hydrazone groups is 1. The number of hydrogen-bond acceptors (Lipinski definition) is 6. The number of benzene rings is 2. The van der Waals surface area contributed by atoms with Crippen LogP contribution in [0.3, 0.4) is 0 Å². The minimum Gasteiger partial charge on any atom is -0.497 e. The number of methoxy groups -OCH3 is 2. The standard InChI is InChI=1S/C23H30N4O3/c1-17(25-26-23(28)15-24-20-7-9-21(29-2)10-8-20)18-6-11-22(30-3)19(14-18)16-27-12-4-5-13-27/h6-11,14,24H,4-5,12-13,15-16H2,1-3H3,(H,26,28)/b25-17-. The van der Waals surface area contributed by atoms with E-state index in [9.17, 15) is 4.79 Å². The zero-order chi connectivity index (χ0) is 21.3. The van der Waals surface area contributed by atoms with Crippen molar-refractivity contribution < 1.29 is 14.3 Å². The maximum Gasteiger partial charge on any atom is 0.259 e. The third kappa shape index (κ3) is 5.97. The Hall–Kier alpha value is -3.06. The Kier molecular flexibility index (Phi) is 7.68. The number of carbonyl (C=O) groups excluding carboxylic acids is 1. The summed E-state index contributed by atoms with van der Waals surface area (Å²) in [5, 5.41) is 7.33. The summed E-state index contributed by atoms with van der Waals surface area (Å²) < 4.78 is 10.7. The normalized spacial score (nSPS) is 14.4. The molecule has 0 unspecified atom stereocenters. The lowest BCUT2D eigenvalue weighted by atomic mass is 10.1. The van der Waals surface area contributed by atoms with Crippen LogP contribution in [-0.4, -0.2) is 50.4 Å². The summed E-state index contributed by atoms with van der Waals surface area (Å²) in [7, 11) is 3.31. The van der Waals surface area contributed by atoms with E-state index in [0.717, 1.165) is 53.7 Å². The number of nitrogens with one attached hydrogen (secondary N) is 2. The largest absolute Gasteiger partial charge is 0.497 e. The molecule has 0 bridgehead atoms. The monoisotopic (exact) mass is 410 g/mol. The predicted octanol–water partition coefficient (Wildman–Crippen LogP) is 3.25. The van der Waals surface area contributed by atoms with Crippen molar-refractivity contribution in [1.82, 2.24) is 10.3 Å². The SMILES string of the molecule is COc1ccc(NCC(=O)N/N=C(/C)c2ccc(OC)c(CN3CCCC3)c2)cc1. The lowest BCUT2D eigenvalue weighted by Crippen LogP contribution is -2.26. The second-order valence-electron chi connectivity index (χ2n) is 7.32. The Morgan fingerprint density at radius 2 is 1.80 bits per heavy atom. The van der Waals surface area contributed by atoms with Gasteiger partial charge in [0.2, 0.25) is 0 Å². The maximum atomic E-state index is 12.1. The van der Waals surface area contributed by atoms with Crippen LogP contribution in [0, 0.1) is 0 Å². The van der Waals surface area contributed by atoms with Gasteiger partial charge in [-0.25, -0.2) is 5.43 Å². The molecule has 1 saturated heterocycles. The fourth-order valence-electron chi connectivity index (χ4n) is 3.45. The van der Waals surface area contributed by atoms with Gasteiger partial charge in [-0.05, 0) is 80.9 Å². The summed E-state index contributed by atoms with van der Waals surface area (Å²) in [5.41, 5.74) is 6.31. The number of ether oxygens (including phenoxy) is 2. The highest BCUT2D eigenvalue weighted by molar-refractivity contribution is 5.99. The molecular weight excluding hydrogens is 380 g/mol. The Balaban J connectivity index is 1.57. The molecule has 1 aliphatic heterocycles. The number of anilines is 1. The number of likely N-dealkylation sites (tertiary alicyclic amines) is 1. The van der Waals surface area contributed by atoms with E-state index in [1.54, 1.807) is 14.2 Å². The van der Waals surface area contributed by atoms with Crippen molar-refractivity contribution in [3.8, 4) is 11.5 Å². The van der Waals surface area contributed by atoms with Crippen molar-refractivity contribution in [3.63, 3.8) is 0 Å². The van der Waals surface area contributed by atoms with Crippen LogP contribution in [-0.2, 0) is 11.3 Å². The summed E-state index contributed by atoms with van der Waals surface area (Å²) in [6, 6.07) is 13.4. The van der Waals surface area contributed by atoms with Gasteiger partial charge in [-0.15, -0.1) is 0 Å². The van der Waals surface area contributed by atoms with E-state index in [0.29, 0.717) is 0 Å². The van der Waals surface area contributed by atoms with Crippen LogP contribution in [0.4, 0.5) is 5.69 Å². The molecule has 160 valence electrons. The quantitative estimate of drug-likeness (QED) is 0.490. The molecule has 0 aliphatic carbocycles. The van der Waals surface area contributed by atoms with E-state index < -0.39 is 0 Å². The molecule has 2 N–H and O–H groups in total. The van der Waals surface area contributed by atoms with E-state index in [1.165, 1.54) is 12.8 Å². The molecule has 0 spiro atoms. The fraction of sp³-hybridized carbons (Fsp3) is 0.391. The Morgan fingerprint density at radius 1 is 1.07 bits per heavy atom. The van der Waals surface area contributed by atoms with Gasteiger partial charge >= 0.3 is 0 Å². The van der Waals surface area contributed by atoms with Gasteiger partial charge in [0.15, 0.2) is 0 Å². The van der Waals surface area contributed by atoms with Crippen LogP contribution < -0.4 is 20.2 Å². The summed E-state index contributed by atoms with van der Waals surface area (Å²) in [5.74, 6) is 1.44. The zero-order valence-corrected chi connectivity index (χ0v) is 17.9. The Labute approximate surface area is 178 Å². The fourth-order valence-corrected chi connectivity index (χ4v) is 3.45. The van der Waals surface area contributed by atoms with Crippen molar-refractivity contribution in [2.45, 2.75) is 26.3 Å². The summed E-state index contributed by atoms with van der Waals surface area (Å²) >= 11 is 0. The van der Waals surface area contributed by atoms with Crippen molar-refractivity contribution in [2.24, 2.45) is 5.10 Å². The minimum absolute atomic E-state index is 0.131. The van der Waals surface area contributed by atoms with Gasteiger partial charge in [0, 0.05) is 17.8 Å². The molecule has 1 amide bonds. The van der Waals surface area contributed by atoms with Crippen molar-refractivity contribution >= 4 is 17.3 Å². The van der Waals surface area contributed by atoms with Gasteiger partial charge in [-0.2, -0.15) is 5.10 Å². The lowest BCUT2D eigenvalue weighted by Gasteiger charge is -2.17. The molecule has 1 heterocycles. The third-order valence-corrected chi connectivity index (χ3v) is 5.18. The second-order valence-corrected chi connectivity index (χ2v) is 7.32. The highest BCUT2D eigenvalue weighted by atomic mass is 16.5. The first-order chi connectivity index (χ1) is 14.6. The predicted molar refractivity (Wildman–Crippen MR) is 119 cm³/mol. The molecule has 1 aliphatic rings. The van der Waals surface area contributed by atoms with Gasteiger partial charge in [-0.3, -0.25) is 9.69 Å². The van der Waals surface area contributed by atoms with E-state index >= 15 is 0 Å². The summed E-state index contributed by atoms with van der Waals surface area (Å²) in [4.78, 5) is 14.6. The van der Waals surface area contributed by atoms with Crippen LogP contribution in [0.2, 0.25) is 0 Å². The summed E-state index contributed by atoms with van der Waals surface area (Å²) in [6.07, 6.45) is 2.50. The van der Waals surface area contributed by atoms with E-state index in [1.807, 2.05) is 43.3 Å². The number of nitrogens with zero attached hydrogens (tertiary/aromatic N) is 2. The molecule has 7 nitrogen and oxygen atoms in total. The highest BCUT2D eigenvalue weighted by Crippen LogP contribution is 2.24. The molecule has 0 aromatic heterocycles. The average Bonchev–Trinajstić information content (AvgIpc) is 3.29. The number of hydrogen-bond donors (Lipinski definition) is 2. The molecule has 1 fully saturated rings. The Bertz CT molecular complexity index is 875. The van der Waals surface area contributed by atoms with Gasteiger partial charge in [0.1, 0.15) is 11.5 Å². The highest BCUT2D eigenvalue weighted by Gasteiger charge is 2.15. The maximum absolute atomic E-state index is 12.1. The molecule has 0 saturated carbocycles. The van der Waals surface area contributed by atoms with Crippen molar-refractivity contribution in [2.75, 3.05) is 39.2 Å². The molecule has 2 aromatic rings. The van der Waals surface area contributed by atoms with Crippen molar-refractivity contribution in [3.05, 3.63) is 53.6 Å². The van der Waals surface area contributed by atoms with Crippen LogP contribution in [0.5, 0.6) is 11.5 Å². The number of carbonyl (C=O) groups is 1. The molecule has 7 heteroatoms. The molecule has 30 heavy (non-hydrogen) atoms. The van der Waals surface area contributed by atoms with E-state index in [-0.39, 0.29) is 12.5 Å². The van der Waals surface area contributed by atoms with Crippen LogP contribution in [0.1, 0.15) is 30.9 Å². The molecule has 0 atom stereocenters. The second kappa shape index (κ2) is 10.6. The molecular formula is C23H30N4O3. The van der Waals surface area contributed by atoms with Crippen molar-refractivity contribution in [1.29, 1.82) is 0 Å². The van der Waals surface area contributed by atoms with Gasteiger partial charge < -0.3 is 14.8 Å². The minimum atomic E-state index is -0.212. The topological polar surface area (TPSA) is 75.2 Å². The third-order valence-electron chi connectivity index (χ3n) is 5.18. The summed E-state index contributed by atoms with van der Waals surface area (Å²) in [6.45, 7) is 5.13. The van der Waals surface area contributed by atoms with E-state index in [2.05, 4.69) is 26.8 Å². The lowest BCUT2D eigenvalue weighted by molar-refractivity contribution is -0.119. The van der Waals surface area contributed by atoms with E-state index in [4.69, 9.17) is 9.47 Å². The van der Waals surface area contributed by atoms with Crippen LogP contribution in [0.15, 0.2) is 47.6 Å². The first-order valence-corrected chi connectivity index (χ1v) is 10.2. The smallest absolute Gasteiger partial charge is 0.259 e. The van der Waals surface area contributed by atoms with Gasteiger partial charge in [0.05, 0.1) is 26.5 Å². The first kappa shape index (κ1) is 21.6. The molecule has 0 radical (unpaired) electrons. The molecule has 3 rings (SSSR count). The molecule has 2 aromatic carbocycles. The zero-order valence-electron chi connectivity index (χ0n) is 17.9. The van der Waals surface area contributed by atoms with Crippen LogP contribution in [0.25, 0.3) is 0 Å². The van der Waals surface area contributed by atoms with Crippen LogP contribution >= 0.6 is 0 Å². The first-order valence-electron chi connectivity index (χ1n) is 10.2. The van der Waals surface area contributed by atoms with Gasteiger partial charge in [-0.1, -0.05) is 0 Å². The number of amides is 1.